The molecule has 0 atom stereocenters. The van der Waals surface area contributed by atoms with E-state index in [1.54, 1.807) is 0 Å². The summed E-state index contributed by atoms with van der Waals surface area (Å²) in [7, 11) is -3.21. The van der Waals surface area contributed by atoms with Crippen molar-refractivity contribution >= 4 is 27.3 Å². The summed E-state index contributed by atoms with van der Waals surface area (Å²) in [5.41, 5.74) is -0.195. The molecule has 21 heavy (non-hydrogen) atoms. The van der Waals surface area contributed by atoms with E-state index in [1.807, 2.05) is 13.8 Å². The van der Waals surface area contributed by atoms with E-state index in [0.29, 0.717) is 0 Å². The molecule has 1 fully saturated rings. The summed E-state index contributed by atoms with van der Waals surface area (Å²) in [6, 6.07) is 4.01. The largest absolute Gasteiger partial charge is 0.336 e. The monoisotopic (exact) mass is 333 g/mol. The summed E-state index contributed by atoms with van der Waals surface area (Å²) in [6.45, 7) is 3.85. The number of likely N-dealkylation sites (tertiary alicyclic amines) is 1. The standard InChI is InChI=1S/C14H17ClFNO3S/c1-9(2)8-21(19,20)10-6-17(7-10)14(18)13-11(15)4-3-5-12(13)16/h3-5,9-10H,6-8H2,1-2H3. The molecule has 0 N–H and O–H groups in total. The van der Waals surface area contributed by atoms with Crippen molar-refractivity contribution in [2.45, 2.75) is 19.1 Å². The molecule has 0 unspecified atom stereocenters. The zero-order chi connectivity index (χ0) is 15.8. The minimum atomic E-state index is -3.21. The second-order valence-corrected chi connectivity index (χ2v) is 8.39. The lowest BCUT2D eigenvalue weighted by atomic mass is 10.1. The molecule has 0 spiro atoms. The number of rotatable bonds is 4. The topological polar surface area (TPSA) is 54.5 Å². The van der Waals surface area contributed by atoms with Gasteiger partial charge in [-0.05, 0) is 18.1 Å². The molecule has 1 aliphatic rings. The molecule has 1 aromatic rings. The quantitative estimate of drug-likeness (QED) is 0.850. The zero-order valence-corrected chi connectivity index (χ0v) is 13.4. The van der Waals surface area contributed by atoms with Crippen LogP contribution in [-0.2, 0) is 9.84 Å². The van der Waals surface area contributed by atoms with Crippen LogP contribution in [0.4, 0.5) is 4.39 Å². The first-order valence-electron chi connectivity index (χ1n) is 6.67. The average Bonchev–Trinajstić information content (AvgIpc) is 2.23. The van der Waals surface area contributed by atoms with Crippen LogP contribution in [0, 0.1) is 11.7 Å². The second-order valence-electron chi connectivity index (χ2n) is 5.65. The second kappa shape index (κ2) is 5.93. The normalized spacial score (nSPS) is 16.1. The number of amides is 1. The summed E-state index contributed by atoms with van der Waals surface area (Å²) in [5, 5.41) is -0.525. The van der Waals surface area contributed by atoms with Gasteiger partial charge in [-0.25, -0.2) is 12.8 Å². The maximum Gasteiger partial charge on any atom is 0.258 e. The molecule has 116 valence electrons. The highest BCUT2D eigenvalue weighted by atomic mass is 35.5. The Hall–Kier alpha value is -1.14. The van der Waals surface area contributed by atoms with Crippen molar-refractivity contribution in [1.29, 1.82) is 0 Å². The van der Waals surface area contributed by atoms with E-state index < -0.39 is 26.8 Å². The molecule has 0 aromatic heterocycles. The molecule has 0 saturated carbocycles. The van der Waals surface area contributed by atoms with Crippen LogP contribution in [0.3, 0.4) is 0 Å². The van der Waals surface area contributed by atoms with Gasteiger partial charge in [0.1, 0.15) is 5.82 Å². The number of nitrogens with zero attached hydrogens (tertiary/aromatic N) is 1. The molecule has 1 aromatic carbocycles. The Morgan fingerprint density at radius 1 is 1.43 bits per heavy atom. The number of sulfone groups is 1. The number of hydrogen-bond donors (Lipinski definition) is 0. The van der Waals surface area contributed by atoms with Crippen LogP contribution in [0.5, 0.6) is 0 Å². The van der Waals surface area contributed by atoms with Gasteiger partial charge < -0.3 is 4.90 Å². The van der Waals surface area contributed by atoms with Crippen molar-refractivity contribution in [1.82, 2.24) is 4.90 Å². The van der Waals surface area contributed by atoms with E-state index in [1.165, 1.54) is 17.0 Å². The zero-order valence-electron chi connectivity index (χ0n) is 11.8. The maximum absolute atomic E-state index is 13.7. The first-order chi connectivity index (χ1) is 9.72. The number of hydrogen-bond acceptors (Lipinski definition) is 3. The van der Waals surface area contributed by atoms with Crippen LogP contribution < -0.4 is 0 Å². The van der Waals surface area contributed by atoms with Gasteiger partial charge >= 0.3 is 0 Å². The Kier molecular flexibility index (Phi) is 4.58. The van der Waals surface area contributed by atoms with Gasteiger partial charge in [0.05, 0.1) is 21.6 Å². The van der Waals surface area contributed by atoms with Crippen molar-refractivity contribution in [3.63, 3.8) is 0 Å². The Bertz CT molecular complexity index is 634. The van der Waals surface area contributed by atoms with Crippen molar-refractivity contribution in [3.05, 3.63) is 34.6 Å². The molecule has 1 saturated heterocycles. The molecule has 4 nitrogen and oxygen atoms in total. The summed E-state index contributed by atoms with van der Waals surface area (Å²) in [6.07, 6.45) is 0. The smallest absolute Gasteiger partial charge is 0.258 e. The first-order valence-corrected chi connectivity index (χ1v) is 8.76. The molecule has 0 radical (unpaired) electrons. The van der Waals surface area contributed by atoms with Gasteiger partial charge in [-0.1, -0.05) is 31.5 Å². The van der Waals surface area contributed by atoms with E-state index in [2.05, 4.69) is 0 Å². The average molecular weight is 334 g/mol. The SMILES string of the molecule is CC(C)CS(=O)(=O)C1CN(C(=O)c2c(F)cccc2Cl)C1. The van der Waals surface area contributed by atoms with E-state index in [-0.39, 0.29) is 35.3 Å². The lowest BCUT2D eigenvalue weighted by Gasteiger charge is -2.39. The van der Waals surface area contributed by atoms with Gasteiger partial charge in [0, 0.05) is 13.1 Å². The van der Waals surface area contributed by atoms with Gasteiger partial charge in [0.25, 0.3) is 5.91 Å². The number of carbonyl (C=O) groups is 1. The first kappa shape index (κ1) is 16.2. The molecule has 0 bridgehead atoms. The summed E-state index contributed by atoms with van der Waals surface area (Å²) < 4.78 is 37.7. The molecular formula is C14H17ClFNO3S. The van der Waals surface area contributed by atoms with Crippen molar-refractivity contribution < 1.29 is 17.6 Å². The third kappa shape index (κ3) is 3.37. The Morgan fingerprint density at radius 2 is 2.05 bits per heavy atom. The Balaban J connectivity index is 2.07. The minimum Gasteiger partial charge on any atom is -0.336 e. The van der Waals surface area contributed by atoms with Crippen LogP contribution >= 0.6 is 11.6 Å². The molecule has 2 rings (SSSR count). The number of halogens is 2. The van der Waals surface area contributed by atoms with Crippen molar-refractivity contribution in [2.24, 2.45) is 5.92 Å². The molecule has 7 heteroatoms. The van der Waals surface area contributed by atoms with Crippen LogP contribution in [0.2, 0.25) is 5.02 Å². The lowest BCUT2D eigenvalue weighted by molar-refractivity contribution is 0.0654. The van der Waals surface area contributed by atoms with Crippen LogP contribution in [0.25, 0.3) is 0 Å². The van der Waals surface area contributed by atoms with Crippen LogP contribution in [-0.4, -0.2) is 43.3 Å². The van der Waals surface area contributed by atoms with E-state index >= 15 is 0 Å². The van der Waals surface area contributed by atoms with Gasteiger partial charge in [-0.2, -0.15) is 0 Å². The fourth-order valence-electron chi connectivity index (χ4n) is 2.29. The van der Waals surface area contributed by atoms with Gasteiger partial charge in [-0.3, -0.25) is 4.79 Å². The number of carbonyl (C=O) groups excluding carboxylic acids is 1. The highest BCUT2D eigenvalue weighted by Gasteiger charge is 2.40. The Morgan fingerprint density at radius 3 is 2.57 bits per heavy atom. The highest BCUT2D eigenvalue weighted by molar-refractivity contribution is 7.92. The fraction of sp³-hybridized carbons (Fsp3) is 0.500. The van der Waals surface area contributed by atoms with Gasteiger partial charge in [0.2, 0.25) is 0 Å². The summed E-state index contributed by atoms with van der Waals surface area (Å²) >= 11 is 5.84. The fourth-order valence-corrected chi connectivity index (χ4v) is 4.55. The van der Waals surface area contributed by atoms with Crippen LogP contribution in [0.1, 0.15) is 24.2 Å². The van der Waals surface area contributed by atoms with Crippen molar-refractivity contribution in [2.75, 3.05) is 18.8 Å². The maximum atomic E-state index is 13.7. The molecular weight excluding hydrogens is 317 g/mol. The van der Waals surface area contributed by atoms with E-state index in [9.17, 15) is 17.6 Å². The molecule has 0 aliphatic carbocycles. The predicted molar refractivity (Wildman–Crippen MR) is 79.7 cm³/mol. The Labute approximate surface area is 128 Å². The number of benzene rings is 1. The van der Waals surface area contributed by atoms with Crippen molar-refractivity contribution in [3.8, 4) is 0 Å². The minimum absolute atomic E-state index is 0.0356. The third-order valence-corrected chi connectivity index (χ3v) is 6.15. The predicted octanol–water partition coefficient (Wildman–Crippen LogP) is 2.37. The molecule has 1 aliphatic heterocycles. The van der Waals surface area contributed by atoms with Gasteiger partial charge in [0.15, 0.2) is 9.84 Å². The van der Waals surface area contributed by atoms with E-state index in [4.69, 9.17) is 11.6 Å². The molecule has 1 heterocycles. The van der Waals surface area contributed by atoms with Crippen LogP contribution in [0.15, 0.2) is 18.2 Å². The third-order valence-electron chi connectivity index (χ3n) is 3.39. The molecule has 1 amide bonds. The summed E-state index contributed by atoms with van der Waals surface area (Å²) in [5.74, 6) is -1.11. The summed E-state index contributed by atoms with van der Waals surface area (Å²) in [4.78, 5) is 13.5. The van der Waals surface area contributed by atoms with E-state index in [0.717, 1.165) is 6.07 Å². The lowest BCUT2D eigenvalue weighted by Crippen LogP contribution is -2.57. The highest BCUT2D eigenvalue weighted by Crippen LogP contribution is 2.26. The van der Waals surface area contributed by atoms with Gasteiger partial charge in [-0.15, -0.1) is 0 Å².